The molecule has 19 nitrogen and oxygen atoms in total. The maximum Gasteiger partial charge on any atom is 0.315 e. The van der Waals surface area contributed by atoms with Gasteiger partial charge in [-0.1, -0.05) is 19.8 Å². The van der Waals surface area contributed by atoms with Crippen LogP contribution in [0.5, 0.6) is 0 Å². The number of thioether (sulfide) groups is 2. The van der Waals surface area contributed by atoms with Gasteiger partial charge in [-0.2, -0.15) is 23.5 Å². The third-order valence-electron chi connectivity index (χ3n) is 13.5. The number of carbonyl (C=O) groups is 7. The molecule has 75 heavy (non-hydrogen) atoms. The number of ketones is 3. The van der Waals surface area contributed by atoms with Crippen molar-refractivity contribution < 1.29 is 62.0 Å². The van der Waals surface area contributed by atoms with Crippen molar-refractivity contribution in [3.05, 3.63) is 34.9 Å². The maximum absolute atomic E-state index is 13.2. The summed E-state index contributed by atoms with van der Waals surface area (Å²) in [4.78, 5) is 86.8. The van der Waals surface area contributed by atoms with Crippen LogP contribution in [0, 0.1) is 0 Å². The highest BCUT2D eigenvalue weighted by molar-refractivity contribution is 8.00. The van der Waals surface area contributed by atoms with Crippen LogP contribution in [-0.2, 0) is 38.0 Å². The smallest absolute Gasteiger partial charge is 0.315 e. The lowest BCUT2D eigenvalue weighted by molar-refractivity contribution is -0.121. The van der Waals surface area contributed by atoms with Gasteiger partial charge in [-0.3, -0.25) is 24.0 Å². The monoisotopic (exact) mass is 1090 g/mol. The molecule has 6 unspecified atom stereocenters. The third kappa shape index (κ3) is 24.6. The summed E-state index contributed by atoms with van der Waals surface area (Å²) in [7, 11) is 0. The Hall–Kier alpha value is -3.83. The van der Waals surface area contributed by atoms with E-state index in [1.54, 1.807) is 18.2 Å². The van der Waals surface area contributed by atoms with E-state index >= 15 is 0 Å². The van der Waals surface area contributed by atoms with E-state index in [1.165, 1.54) is 0 Å². The van der Waals surface area contributed by atoms with Crippen molar-refractivity contribution >= 4 is 64.8 Å². The van der Waals surface area contributed by atoms with Crippen LogP contribution in [0.4, 0.5) is 9.59 Å². The third-order valence-corrected chi connectivity index (χ3v) is 16.5. The van der Waals surface area contributed by atoms with Gasteiger partial charge in [-0.15, -0.1) is 0 Å². The van der Waals surface area contributed by atoms with Crippen LogP contribution in [0.1, 0.15) is 154 Å². The second kappa shape index (κ2) is 37.1. The Balaban J connectivity index is 0.780. The van der Waals surface area contributed by atoms with E-state index in [2.05, 4.69) is 31.9 Å². The summed E-state index contributed by atoms with van der Waals surface area (Å²) < 4.78 is 33.8. The first-order chi connectivity index (χ1) is 36.6. The highest BCUT2D eigenvalue weighted by Gasteiger charge is 2.43. The standard InChI is InChI=1S/C54H86N6O13S2/c1-2-13-45(62)39-34-40(46(63)16-8-10-23-69-27-31-72-30-26-68-22-9-7-15-42(61)14-3-4-17-47-50-43(37-74-47)57-53(66)59-50)36-41(35-39)52(65)56-21-12-25-71-29-33-73-32-28-70-24-11-20-55-49(64)19-6-5-18-48-51-44(38-75-48)58-54(67)60-51/h34-36,43-44,47-48,50-51H,2-33,37-38H2,1H3,(H,55,64)(H,56,65)(H2,57,59,66)(H2,58,60,67). The van der Waals surface area contributed by atoms with Crippen molar-refractivity contribution in [3.63, 3.8) is 0 Å². The number of rotatable bonds is 45. The van der Waals surface area contributed by atoms with Crippen LogP contribution in [0.25, 0.3) is 0 Å². The zero-order valence-electron chi connectivity index (χ0n) is 44.4. The minimum atomic E-state index is -0.356. The molecule has 0 aromatic heterocycles. The summed E-state index contributed by atoms with van der Waals surface area (Å²) in [5.41, 5.74) is 0.981. The van der Waals surface area contributed by atoms with Crippen LogP contribution in [0.2, 0.25) is 0 Å². The van der Waals surface area contributed by atoms with Gasteiger partial charge in [0.25, 0.3) is 5.91 Å². The highest BCUT2D eigenvalue weighted by Crippen LogP contribution is 2.34. The Morgan fingerprint density at radius 1 is 0.480 bits per heavy atom. The van der Waals surface area contributed by atoms with Gasteiger partial charge >= 0.3 is 12.1 Å². The van der Waals surface area contributed by atoms with E-state index in [0.717, 1.165) is 69.3 Å². The molecule has 4 saturated heterocycles. The largest absolute Gasteiger partial charge is 0.379 e. The first-order valence-electron chi connectivity index (χ1n) is 27.7. The number of Topliss-reactive ketones (excluding diaryl/α,β-unsaturated/α-hetero) is 3. The van der Waals surface area contributed by atoms with Crippen LogP contribution < -0.4 is 31.9 Å². The van der Waals surface area contributed by atoms with Gasteiger partial charge in [0, 0.05) is 110 Å². The SMILES string of the molecule is CCCC(=O)c1cc(C(=O)CCCCOCCOCCOCCCCC(=O)CCCCC2SCC3NC(=O)NC32)cc(C(=O)NCCCOCCOCCOCCCNC(=O)CCCCC2SCC3NC(=O)NC32)c1. The van der Waals surface area contributed by atoms with Gasteiger partial charge in [-0.25, -0.2) is 9.59 Å². The molecule has 4 aliphatic heterocycles. The Kier molecular flexibility index (Phi) is 30.7. The number of hydrogen-bond donors (Lipinski definition) is 6. The second-order valence-electron chi connectivity index (χ2n) is 19.6. The van der Waals surface area contributed by atoms with Gasteiger partial charge < -0.3 is 60.3 Å². The number of amides is 6. The molecule has 4 fully saturated rings. The quantitative estimate of drug-likeness (QED) is 0.0251. The van der Waals surface area contributed by atoms with Crippen molar-refractivity contribution in [1.82, 2.24) is 31.9 Å². The van der Waals surface area contributed by atoms with Gasteiger partial charge in [-0.05, 0) is 88.8 Å². The molecule has 4 aliphatic rings. The molecule has 6 N–H and O–H groups in total. The van der Waals surface area contributed by atoms with Crippen molar-refractivity contribution in [2.24, 2.45) is 0 Å². The van der Waals surface area contributed by atoms with Crippen LogP contribution in [0.15, 0.2) is 18.2 Å². The molecule has 6 atom stereocenters. The molecule has 1 aromatic carbocycles. The molecule has 0 aliphatic carbocycles. The molecule has 4 heterocycles. The normalized spacial score (nSPS) is 20.5. The lowest BCUT2D eigenvalue weighted by Crippen LogP contribution is -2.36. The summed E-state index contributed by atoms with van der Waals surface area (Å²) >= 11 is 3.80. The molecular formula is C54H86N6O13S2. The lowest BCUT2D eigenvalue weighted by atomic mass is 9.96. The average molecular weight is 1090 g/mol. The number of fused-ring (bicyclic) bond motifs is 2. The number of benzene rings is 1. The van der Waals surface area contributed by atoms with Crippen molar-refractivity contribution in [2.45, 2.75) is 157 Å². The van der Waals surface area contributed by atoms with E-state index in [0.29, 0.717) is 171 Å². The molecule has 0 spiro atoms. The van der Waals surface area contributed by atoms with Crippen molar-refractivity contribution in [1.29, 1.82) is 0 Å². The Morgan fingerprint density at radius 2 is 0.893 bits per heavy atom. The molecule has 5 rings (SSSR count). The van der Waals surface area contributed by atoms with Crippen molar-refractivity contribution in [2.75, 3.05) is 104 Å². The summed E-state index contributed by atoms with van der Waals surface area (Å²) in [5, 5.41) is 18.6. The van der Waals surface area contributed by atoms with Gasteiger partial charge in [0.2, 0.25) is 5.91 Å². The number of carbonyl (C=O) groups excluding carboxylic acids is 7. The number of unbranched alkanes of at least 4 members (excludes halogenated alkanes) is 4. The number of nitrogens with one attached hydrogen (secondary N) is 6. The molecule has 21 heteroatoms. The van der Waals surface area contributed by atoms with E-state index in [4.69, 9.17) is 28.4 Å². The first kappa shape index (κ1) is 62.0. The number of ether oxygens (including phenoxy) is 6. The minimum Gasteiger partial charge on any atom is -0.379 e. The fraction of sp³-hybridized carbons (Fsp3) is 0.759. The Bertz CT molecular complexity index is 1800. The topological polar surface area (TPSA) is 247 Å². The van der Waals surface area contributed by atoms with Crippen molar-refractivity contribution in [3.8, 4) is 0 Å². The minimum absolute atomic E-state index is 0.0526. The van der Waals surface area contributed by atoms with E-state index in [9.17, 15) is 33.6 Å². The molecule has 0 saturated carbocycles. The van der Waals surface area contributed by atoms with E-state index < -0.39 is 0 Å². The van der Waals surface area contributed by atoms with E-state index in [-0.39, 0.29) is 71.6 Å². The first-order valence-corrected chi connectivity index (χ1v) is 29.8. The van der Waals surface area contributed by atoms with Crippen LogP contribution >= 0.6 is 23.5 Å². The number of urea groups is 2. The summed E-state index contributed by atoms with van der Waals surface area (Å²) in [6.45, 7) is 8.35. The summed E-state index contributed by atoms with van der Waals surface area (Å²) in [6.07, 6.45) is 12.9. The predicted molar refractivity (Wildman–Crippen MR) is 290 cm³/mol. The fourth-order valence-electron chi connectivity index (χ4n) is 9.37. The zero-order chi connectivity index (χ0) is 53.3. The number of hydrogen-bond acceptors (Lipinski definition) is 15. The van der Waals surface area contributed by atoms with Gasteiger partial charge in [0.05, 0.1) is 77.0 Å². The average Bonchev–Trinajstić information content (AvgIpc) is 4.17. The van der Waals surface area contributed by atoms with Crippen LogP contribution in [-0.4, -0.2) is 180 Å². The maximum atomic E-state index is 13.2. The fourth-order valence-corrected chi connectivity index (χ4v) is 12.5. The molecule has 422 valence electrons. The van der Waals surface area contributed by atoms with Crippen LogP contribution in [0.3, 0.4) is 0 Å². The van der Waals surface area contributed by atoms with Gasteiger partial charge in [0.1, 0.15) is 5.78 Å². The predicted octanol–water partition coefficient (Wildman–Crippen LogP) is 5.94. The molecule has 6 amide bonds. The van der Waals surface area contributed by atoms with Gasteiger partial charge in [0.15, 0.2) is 11.6 Å². The molecule has 0 bridgehead atoms. The Labute approximate surface area is 452 Å². The summed E-state index contributed by atoms with van der Waals surface area (Å²) in [5.74, 6) is 1.66. The molecule has 1 aromatic rings. The highest BCUT2D eigenvalue weighted by atomic mass is 32.2. The zero-order valence-corrected chi connectivity index (χ0v) is 46.0. The van der Waals surface area contributed by atoms with E-state index in [1.807, 2.05) is 30.4 Å². The molecule has 0 radical (unpaired) electrons. The Morgan fingerprint density at radius 3 is 1.40 bits per heavy atom. The summed E-state index contributed by atoms with van der Waals surface area (Å²) in [6, 6.07) is 5.48. The lowest BCUT2D eigenvalue weighted by Gasteiger charge is -2.16. The second-order valence-corrected chi connectivity index (χ2v) is 22.1. The molecular weight excluding hydrogens is 1000 g/mol.